The lowest BCUT2D eigenvalue weighted by Gasteiger charge is -2.43. The molecule has 0 aliphatic carbocycles. The number of piperazine rings is 1. The molecule has 2 fully saturated rings. The van der Waals surface area contributed by atoms with E-state index >= 15 is 4.39 Å². The van der Waals surface area contributed by atoms with Crippen LogP contribution in [0.1, 0.15) is 77.5 Å². The van der Waals surface area contributed by atoms with Gasteiger partial charge in [0.15, 0.2) is 5.65 Å². The van der Waals surface area contributed by atoms with Crippen LogP contribution in [-0.2, 0) is 9.47 Å². The molecule has 5 rings (SSSR count). The fourth-order valence-corrected chi connectivity index (χ4v) is 5.46. The van der Waals surface area contributed by atoms with E-state index in [0.717, 1.165) is 24.8 Å². The number of nitrogens with zero attached hydrogens (tertiary/aromatic N) is 7. The van der Waals surface area contributed by atoms with Gasteiger partial charge in [0, 0.05) is 44.5 Å². The maximum atomic E-state index is 15.2. The maximum absolute atomic E-state index is 15.2. The van der Waals surface area contributed by atoms with Crippen LogP contribution in [0.2, 0.25) is 0 Å². The molecular weight excluding hydrogens is 501 g/mol. The lowest BCUT2D eigenvalue weighted by atomic mass is 10.0. The normalized spacial score (nSPS) is 21.8. The zero-order valence-corrected chi connectivity index (χ0v) is 23.6. The van der Waals surface area contributed by atoms with E-state index in [9.17, 15) is 4.79 Å². The van der Waals surface area contributed by atoms with Gasteiger partial charge >= 0.3 is 6.09 Å². The largest absolute Gasteiger partial charge is 0.444 e. The molecule has 210 valence electrons. The van der Waals surface area contributed by atoms with E-state index in [1.165, 1.54) is 0 Å². The molecular formula is C28H38FN7O3. The third-order valence-corrected chi connectivity index (χ3v) is 7.42. The summed E-state index contributed by atoms with van der Waals surface area (Å²) in [4.78, 5) is 34.6. The standard InChI is InChI=1S/C28H38FN7O3/c1-17-15-34(27(37)39-28(4,5)6)10-11-35(17)18(2)20-13-21(25(29)30-14-20)23-24-26(33-19(3)32-23)36(16-31-24)22-9-7-8-12-38-22/h13-14,16-18,22H,7-12,15H2,1-6H3/t17?,18-,22?/m1/s1. The predicted octanol–water partition coefficient (Wildman–Crippen LogP) is 5.04. The number of fused-ring (bicyclic) bond motifs is 1. The molecule has 39 heavy (non-hydrogen) atoms. The Balaban J connectivity index is 1.41. The summed E-state index contributed by atoms with van der Waals surface area (Å²) in [5, 5.41) is 0. The average Bonchev–Trinajstić information content (AvgIpc) is 3.31. The quantitative estimate of drug-likeness (QED) is 0.426. The molecule has 0 aromatic carbocycles. The Morgan fingerprint density at radius 2 is 2.00 bits per heavy atom. The molecule has 0 saturated carbocycles. The average molecular weight is 540 g/mol. The van der Waals surface area contributed by atoms with Crippen molar-refractivity contribution >= 4 is 17.3 Å². The first-order chi connectivity index (χ1) is 18.5. The van der Waals surface area contributed by atoms with Crippen molar-refractivity contribution in [3.8, 4) is 11.3 Å². The van der Waals surface area contributed by atoms with Gasteiger partial charge in [0.05, 0.1) is 11.9 Å². The fraction of sp³-hybridized carbons (Fsp3) is 0.607. The Hall–Kier alpha value is -3.18. The summed E-state index contributed by atoms with van der Waals surface area (Å²) in [6.45, 7) is 14.0. The SMILES string of the molecule is Cc1nc(-c2cc([C@@H](C)N3CCN(C(=O)OC(C)(C)C)CC3C)cnc2F)c2ncn(C3CCCCO3)c2n1. The predicted molar refractivity (Wildman–Crippen MR) is 144 cm³/mol. The van der Waals surface area contributed by atoms with E-state index in [4.69, 9.17) is 9.47 Å². The molecule has 3 atom stereocenters. The van der Waals surface area contributed by atoms with Gasteiger partial charge < -0.3 is 14.4 Å². The van der Waals surface area contributed by atoms with Crippen molar-refractivity contribution in [3.05, 3.63) is 35.9 Å². The number of imidazole rings is 1. The molecule has 3 aromatic heterocycles. The summed E-state index contributed by atoms with van der Waals surface area (Å²) in [5.74, 6) is -0.0728. The number of aryl methyl sites for hydroxylation is 1. The highest BCUT2D eigenvalue weighted by Crippen LogP contribution is 2.33. The minimum absolute atomic E-state index is 0.0562. The molecule has 10 nitrogen and oxygen atoms in total. The van der Waals surface area contributed by atoms with Crippen molar-refractivity contribution in [1.82, 2.24) is 34.3 Å². The van der Waals surface area contributed by atoms with Crippen LogP contribution < -0.4 is 0 Å². The fourth-order valence-electron chi connectivity index (χ4n) is 5.46. The highest BCUT2D eigenvalue weighted by Gasteiger charge is 2.33. The minimum Gasteiger partial charge on any atom is -0.444 e. The van der Waals surface area contributed by atoms with Crippen LogP contribution in [0.25, 0.3) is 22.4 Å². The molecule has 0 radical (unpaired) electrons. The summed E-state index contributed by atoms with van der Waals surface area (Å²) in [7, 11) is 0. The smallest absolute Gasteiger partial charge is 0.410 e. The first-order valence-electron chi connectivity index (χ1n) is 13.7. The summed E-state index contributed by atoms with van der Waals surface area (Å²) in [5.41, 5.74) is 2.21. The van der Waals surface area contributed by atoms with Gasteiger partial charge in [-0.05, 0) is 72.4 Å². The Bertz CT molecular complexity index is 1350. The number of hydrogen-bond donors (Lipinski definition) is 0. The molecule has 2 aliphatic heterocycles. The summed E-state index contributed by atoms with van der Waals surface area (Å²) in [6, 6.07) is 1.84. The molecule has 1 amide bonds. The number of halogens is 1. The first-order valence-corrected chi connectivity index (χ1v) is 13.7. The van der Waals surface area contributed by atoms with Crippen LogP contribution in [0.5, 0.6) is 0 Å². The van der Waals surface area contributed by atoms with E-state index in [1.54, 1.807) is 24.3 Å². The van der Waals surface area contributed by atoms with Gasteiger partial charge in [-0.1, -0.05) is 0 Å². The number of amides is 1. The maximum Gasteiger partial charge on any atom is 0.410 e. The number of pyridine rings is 1. The monoisotopic (exact) mass is 539 g/mol. The number of hydrogen-bond acceptors (Lipinski definition) is 8. The molecule has 2 unspecified atom stereocenters. The van der Waals surface area contributed by atoms with Crippen LogP contribution in [0.15, 0.2) is 18.6 Å². The molecule has 0 bridgehead atoms. The zero-order chi connectivity index (χ0) is 27.9. The van der Waals surface area contributed by atoms with Crippen molar-refractivity contribution < 1.29 is 18.7 Å². The highest BCUT2D eigenvalue weighted by atomic mass is 19.1. The molecule has 2 saturated heterocycles. The van der Waals surface area contributed by atoms with Crippen molar-refractivity contribution in [2.45, 2.75) is 84.7 Å². The van der Waals surface area contributed by atoms with Crippen LogP contribution >= 0.6 is 0 Å². The van der Waals surface area contributed by atoms with E-state index in [-0.39, 0.29) is 24.4 Å². The van der Waals surface area contributed by atoms with Gasteiger partial charge in [-0.3, -0.25) is 9.47 Å². The number of aromatic nitrogens is 5. The highest BCUT2D eigenvalue weighted by molar-refractivity contribution is 5.87. The van der Waals surface area contributed by atoms with Gasteiger partial charge in [0.2, 0.25) is 5.95 Å². The molecule has 3 aromatic rings. The number of ether oxygens (including phenoxy) is 2. The van der Waals surface area contributed by atoms with Gasteiger partial charge in [-0.25, -0.2) is 24.7 Å². The minimum atomic E-state index is -0.600. The summed E-state index contributed by atoms with van der Waals surface area (Å²) < 4.78 is 28.7. The van der Waals surface area contributed by atoms with Crippen LogP contribution in [0, 0.1) is 12.9 Å². The molecule has 0 spiro atoms. The second-order valence-corrected chi connectivity index (χ2v) is 11.6. The van der Waals surface area contributed by atoms with Gasteiger partial charge in [-0.2, -0.15) is 4.39 Å². The van der Waals surface area contributed by atoms with Crippen molar-refractivity contribution in [1.29, 1.82) is 0 Å². The van der Waals surface area contributed by atoms with Crippen LogP contribution in [0.4, 0.5) is 9.18 Å². The first kappa shape index (κ1) is 27.4. The number of rotatable bonds is 4. The molecule has 11 heteroatoms. The Morgan fingerprint density at radius 3 is 2.69 bits per heavy atom. The Kier molecular flexibility index (Phi) is 7.56. The third-order valence-electron chi connectivity index (χ3n) is 7.42. The van der Waals surface area contributed by atoms with Gasteiger partial charge in [-0.15, -0.1) is 0 Å². The number of carbonyl (C=O) groups excluding carboxylic acids is 1. The second-order valence-electron chi connectivity index (χ2n) is 11.6. The van der Waals surface area contributed by atoms with E-state index in [1.807, 2.05) is 31.4 Å². The lowest BCUT2D eigenvalue weighted by molar-refractivity contribution is -0.0298. The molecule has 5 heterocycles. The lowest BCUT2D eigenvalue weighted by Crippen LogP contribution is -2.54. The van der Waals surface area contributed by atoms with Crippen molar-refractivity contribution in [3.63, 3.8) is 0 Å². The topological polar surface area (TPSA) is 98.5 Å². The van der Waals surface area contributed by atoms with Gasteiger partial charge in [0.25, 0.3) is 0 Å². The van der Waals surface area contributed by atoms with E-state index in [2.05, 4.69) is 38.7 Å². The van der Waals surface area contributed by atoms with Crippen LogP contribution in [0.3, 0.4) is 0 Å². The molecule has 0 N–H and O–H groups in total. The van der Waals surface area contributed by atoms with Crippen molar-refractivity contribution in [2.24, 2.45) is 0 Å². The van der Waals surface area contributed by atoms with E-state index < -0.39 is 11.5 Å². The third kappa shape index (κ3) is 5.74. The van der Waals surface area contributed by atoms with Crippen LogP contribution in [-0.4, -0.2) is 78.3 Å². The number of carbonyl (C=O) groups is 1. The van der Waals surface area contributed by atoms with Crippen molar-refractivity contribution in [2.75, 3.05) is 26.2 Å². The second kappa shape index (κ2) is 10.8. The van der Waals surface area contributed by atoms with E-state index in [0.29, 0.717) is 54.5 Å². The summed E-state index contributed by atoms with van der Waals surface area (Å²) >= 11 is 0. The Morgan fingerprint density at radius 1 is 1.21 bits per heavy atom. The Labute approximate surface area is 228 Å². The van der Waals surface area contributed by atoms with Gasteiger partial charge in [0.1, 0.15) is 28.9 Å². The molecule has 2 aliphatic rings. The zero-order valence-electron chi connectivity index (χ0n) is 23.6. The summed E-state index contributed by atoms with van der Waals surface area (Å²) in [6.07, 6.45) is 5.85.